The number of carbonyl (C=O) groups is 2. The number of nitrogens with one attached hydrogen (secondary N) is 1. The Labute approximate surface area is 148 Å². The minimum absolute atomic E-state index is 0.0119. The summed E-state index contributed by atoms with van der Waals surface area (Å²) in [5.74, 6) is -0.123. The first-order valence-corrected chi connectivity index (χ1v) is 8.30. The molecule has 4 rings (SSSR count). The van der Waals surface area contributed by atoms with Gasteiger partial charge >= 0.3 is 0 Å². The van der Waals surface area contributed by atoms with Gasteiger partial charge in [0.25, 0.3) is 11.8 Å². The van der Waals surface area contributed by atoms with E-state index >= 15 is 0 Å². The zero-order chi connectivity index (χ0) is 18.3. The Morgan fingerprint density at radius 2 is 2.23 bits per heavy atom. The van der Waals surface area contributed by atoms with E-state index in [2.05, 4.69) is 15.3 Å². The Morgan fingerprint density at radius 3 is 2.88 bits per heavy atom. The molecule has 3 aromatic rings. The molecule has 0 spiro atoms. The van der Waals surface area contributed by atoms with Crippen molar-refractivity contribution in [1.29, 1.82) is 0 Å². The summed E-state index contributed by atoms with van der Waals surface area (Å²) in [4.78, 5) is 32.7. The van der Waals surface area contributed by atoms with Crippen LogP contribution in [0.5, 0.6) is 0 Å². The van der Waals surface area contributed by atoms with Crippen molar-refractivity contribution in [3.05, 3.63) is 42.2 Å². The Bertz CT molecular complexity index is 974. The number of carbonyl (C=O) groups excluding carboxylic acids is 2. The van der Waals surface area contributed by atoms with Crippen LogP contribution in [0.3, 0.4) is 0 Å². The van der Waals surface area contributed by atoms with Crippen molar-refractivity contribution < 1.29 is 14.0 Å². The van der Waals surface area contributed by atoms with Gasteiger partial charge in [-0.25, -0.2) is 9.97 Å². The molecule has 2 amide bonds. The summed E-state index contributed by atoms with van der Waals surface area (Å²) in [6.07, 6.45) is 5.05. The van der Waals surface area contributed by atoms with Gasteiger partial charge in [-0.15, -0.1) is 0 Å². The number of furan rings is 1. The number of nitrogens with two attached hydrogens (primary N) is 2. The van der Waals surface area contributed by atoms with Crippen molar-refractivity contribution in [3.8, 4) is 11.5 Å². The van der Waals surface area contributed by atoms with Gasteiger partial charge in [-0.05, 0) is 37.0 Å². The van der Waals surface area contributed by atoms with E-state index in [-0.39, 0.29) is 29.0 Å². The maximum atomic E-state index is 12.7. The maximum absolute atomic E-state index is 12.7. The molecule has 0 radical (unpaired) electrons. The van der Waals surface area contributed by atoms with Crippen LogP contribution in [0.2, 0.25) is 0 Å². The third-order valence-electron chi connectivity index (χ3n) is 4.47. The van der Waals surface area contributed by atoms with Crippen LogP contribution in [-0.4, -0.2) is 38.8 Å². The number of amides is 2. The first kappa shape index (κ1) is 16.3. The van der Waals surface area contributed by atoms with E-state index in [0.29, 0.717) is 23.9 Å². The van der Waals surface area contributed by atoms with Gasteiger partial charge in [0, 0.05) is 12.6 Å². The summed E-state index contributed by atoms with van der Waals surface area (Å²) in [7, 11) is 0. The number of hydrogen-bond acceptors (Lipinski definition) is 6. The molecular weight excluding hydrogens is 336 g/mol. The predicted octanol–water partition coefficient (Wildman–Crippen LogP) is 0.555. The number of imidazole rings is 1. The van der Waals surface area contributed by atoms with E-state index in [9.17, 15) is 9.59 Å². The van der Waals surface area contributed by atoms with Crippen LogP contribution in [0.1, 0.15) is 33.8 Å². The van der Waals surface area contributed by atoms with Gasteiger partial charge in [-0.1, -0.05) is 0 Å². The molecule has 3 aromatic heterocycles. The van der Waals surface area contributed by atoms with Crippen LogP contribution < -0.4 is 16.8 Å². The monoisotopic (exact) mass is 354 g/mol. The molecule has 134 valence electrons. The van der Waals surface area contributed by atoms with Crippen molar-refractivity contribution in [3.63, 3.8) is 0 Å². The number of rotatable bonds is 6. The second-order valence-electron chi connectivity index (χ2n) is 6.37. The van der Waals surface area contributed by atoms with Crippen LogP contribution in [-0.2, 0) is 0 Å². The quantitative estimate of drug-likeness (QED) is 0.590. The van der Waals surface area contributed by atoms with Gasteiger partial charge in [0.05, 0.1) is 6.26 Å². The highest BCUT2D eigenvalue weighted by Crippen LogP contribution is 2.31. The third kappa shape index (κ3) is 2.93. The van der Waals surface area contributed by atoms with Crippen LogP contribution in [0, 0.1) is 5.92 Å². The van der Waals surface area contributed by atoms with Crippen LogP contribution in [0.4, 0.5) is 0 Å². The molecule has 0 saturated heterocycles. The fourth-order valence-corrected chi connectivity index (χ4v) is 2.86. The van der Waals surface area contributed by atoms with E-state index in [1.165, 1.54) is 17.0 Å². The van der Waals surface area contributed by atoms with Gasteiger partial charge in [0.2, 0.25) is 0 Å². The molecule has 5 N–H and O–H groups in total. The summed E-state index contributed by atoms with van der Waals surface area (Å²) in [6.45, 7) is 0.376. The molecule has 1 atom stereocenters. The van der Waals surface area contributed by atoms with Gasteiger partial charge < -0.3 is 21.2 Å². The summed E-state index contributed by atoms with van der Waals surface area (Å²) >= 11 is 0. The van der Waals surface area contributed by atoms with E-state index < -0.39 is 5.91 Å². The fraction of sp³-hybridized carbons (Fsp3) is 0.294. The van der Waals surface area contributed by atoms with Crippen molar-refractivity contribution >= 4 is 17.5 Å². The second-order valence-corrected chi connectivity index (χ2v) is 6.37. The molecule has 1 aliphatic carbocycles. The number of hydrogen-bond donors (Lipinski definition) is 3. The SMILES string of the molecule is NC(=O)c1ncn2c(C(=O)NCC(N)C3CC3)cc(-c3ccco3)nc12. The summed E-state index contributed by atoms with van der Waals surface area (Å²) in [6, 6.07) is 4.94. The Morgan fingerprint density at radius 1 is 1.42 bits per heavy atom. The first-order valence-electron chi connectivity index (χ1n) is 8.30. The minimum Gasteiger partial charge on any atom is -0.463 e. The number of primary amides is 1. The average molecular weight is 354 g/mol. The van der Waals surface area contributed by atoms with E-state index in [0.717, 1.165) is 12.8 Å². The van der Waals surface area contributed by atoms with Gasteiger partial charge in [-0.3, -0.25) is 14.0 Å². The van der Waals surface area contributed by atoms with Crippen LogP contribution in [0.25, 0.3) is 17.1 Å². The largest absolute Gasteiger partial charge is 0.463 e. The molecule has 9 nitrogen and oxygen atoms in total. The molecular formula is C17H18N6O3. The predicted molar refractivity (Wildman–Crippen MR) is 92.2 cm³/mol. The molecule has 0 bridgehead atoms. The molecule has 0 aliphatic heterocycles. The lowest BCUT2D eigenvalue weighted by atomic mass is 10.2. The topological polar surface area (TPSA) is 142 Å². The van der Waals surface area contributed by atoms with Crippen molar-refractivity contribution in [2.24, 2.45) is 17.4 Å². The van der Waals surface area contributed by atoms with Gasteiger partial charge in [0.1, 0.15) is 17.7 Å². The van der Waals surface area contributed by atoms with Crippen LogP contribution in [0.15, 0.2) is 35.2 Å². The fourth-order valence-electron chi connectivity index (χ4n) is 2.86. The number of fused-ring (bicyclic) bond motifs is 1. The standard InChI is InChI=1S/C17H18N6O3/c18-10(9-3-4-9)7-20-17(25)12-6-11(13-2-1-5-26-13)22-16-14(15(19)24)21-8-23(12)16/h1-2,5-6,8-10H,3-4,7,18H2,(H2,19,24)(H,20,25). The molecule has 1 saturated carbocycles. The Hall–Kier alpha value is -3.20. The summed E-state index contributed by atoms with van der Waals surface area (Å²) in [5, 5.41) is 2.84. The minimum atomic E-state index is -0.723. The lowest BCUT2D eigenvalue weighted by Gasteiger charge is -2.13. The highest BCUT2D eigenvalue weighted by molar-refractivity contribution is 5.99. The second kappa shape index (κ2) is 6.26. The molecule has 26 heavy (non-hydrogen) atoms. The molecule has 3 heterocycles. The zero-order valence-electron chi connectivity index (χ0n) is 13.9. The lowest BCUT2D eigenvalue weighted by molar-refractivity contribution is 0.0942. The lowest BCUT2D eigenvalue weighted by Crippen LogP contribution is -2.39. The summed E-state index contributed by atoms with van der Waals surface area (Å²) < 4.78 is 6.79. The Balaban J connectivity index is 1.74. The van der Waals surface area contributed by atoms with Gasteiger partial charge in [-0.2, -0.15) is 0 Å². The van der Waals surface area contributed by atoms with Gasteiger partial charge in [0.15, 0.2) is 17.1 Å². The Kier molecular flexibility index (Phi) is 3.92. The van der Waals surface area contributed by atoms with E-state index in [4.69, 9.17) is 15.9 Å². The first-order chi connectivity index (χ1) is 12.5. The highest BCUT2D eigenvalue weighted by Gasteiger charge is 2.29. The molecule has 0 aromatic carbocycles. The van der Waals surface area contributed by atoms with Crippen molar-refractivity contribution in [1.82, 2.24) is 19.7 Å². The zero-order valence-corrected chi connectivity index (χ0v) is 13.9. The highest BCUT2D eigenvalue weighted by atomic mass is 16.3. The molecule has 1 unspecified atom stereocenters. The molecule has 1 fully saturated rings. The maximum Gasteiger partial charge on any atom is 0.271 e. The average Bonchev–Trinajstić information content (AvgIpc) is 3.16. The van der Waals surface area contributed by atoms with Crippen molar-refractivity contribution in [2.75, 3.05) is 6.54 Å². The smallest absolute Gasteiger partial charge is 0.271 e. The number of aromatic nitrogens is 3. The molecule has 1 aliphatic rings. The van der Waals surface area contributed by atoms with E-state index in [1.807, 2.05) is 0 Å². The third-order valence-corrected chi connectivity index (χ3v) is 4.47. The van der Waals surface area contributed by atoms with E-state index in [1.54, 1.807) is 18.2 Å². The van der Waals surface area contributed by atoms with Crippen LogP contribution >= 0.6 is 0 Å². The number of nitrogens with zero attached hydrogens (tertiary/aromatic N) is 3. The summed E-state index contributed by atoms with van der Waals surface area (Å²) in [5.41, 5.74) is 12.3. The molecule has 9 heteroatoms. The normalized spacial score (nSPS) is 15.1. The van der Waals surface area contributed by atoms with Crippen molar-refractivity contribution in [2.45, 2.75) is 18.9 Å².